The van der Waals surface area contributed by atoms with Gasteiger partial charge in [-0.3, -0.25) is 4.98 Å². The minimum atomic E-state index is 0.670. The van der Waals surface area contributed by atoms with Crippen LogP contribution in [0.2, 0.25) is 0 Å². The Morgan fingerprint density at radius 2 is 2.29 bits per heavy atom. The maximum absolute atomic E-state index is 5.16. The van der Waals surface area contributed by atoms with Crippen LogP contribution >= 0.6 is 12.2 Å². The molecule has 0 unspecified atom stereocenters. The smallest absolute Gasteiger partial charge is 0.157 e. The summed E-state index contributed by atoms with van der Waals surface area (Å²) in [4.78, 5) is 11.7. The molecule has 3 nitrogen and oxygen atoms in total. The number of pyridine rings is 1. The number of fused-ring (bicyclic) bond motifs is 1. The van der Waals surface area contributed by atoms with Crippen LogP contribution in [-0.2, 0) is 6.42 Å². The van der Waals surface area contributed by atoms with Gasteiger partial charge in [-0.05, 0) is 25.0 Å². The predicted molar refractivity (Wildman–Crippen MR) is 58.0 cm³/mol. The molecule has 0 saturated carbocycles. The van der Waals surface area contributed by atoms with Crippen LogP contribution in [0.25, 0.3) is 11.5 Å². The third kappa shape index (κ3) is 1.53. The second-order valence-electron chi connectivity index (χ2n) is 3.24. The van der Waals surface area contributed by atoms with E-state index >= 15 is 0 Å². The van der Waals surface area contributed by atoms with Crippen molar-refractivity contribution in [2.45, 2.75) is 20.3 Å². The summed E-state index contributed by atoms with van der Waals surface area (Å²) in [6, 6.07) is 2.00. The van der Waals surface area contributed by atoms with E-state index in [4.69, 9.17) is 12.2 Å². The summed E-state index contributed by atoms with van der Waals surface area (Å²) in [5, 5.41) is 0. The molecule has 0 saturated heterocycles. The molecule has 72 valence electrons. The Kier molecular flexibility index (Phi) is 2.29. The Balaban J connectivity index is 2.75. The van der Waals surface area contributed by atoms with Crippen molar-refractivity contribution in [3.05, 3.63) is 28.2 Å². The van der Waals surface area contributed by atoms with Crippen molar-refractivity contribution < 1.29 is 0 Å². The lowest BCUT2D eigenvalue weighted by atomic mass is 10.2. The quantitative estimate of drug-likeness (QED) is 0.727. The maximum atomic E-state index is 5.16. The Bertz CT molecular complexity index is 489. The second kappa shape index (κ2) is 3.46. The Hall–Kier alpha value is -1.29. The molecular weight excluding hydrogens is 194 g/mol. The minimum Gasteiger partial charge on any atom is -0.341 e. The van der Waals surface area contributed by atoms with E-state index in [1.165, 1.54) is 0 Å². The number of hydrogen-bond acceptors (Lipinski definition) is 3. The fraction of sp³-hybridized carbons (Fsp3) is 0.300. The van der Waals surface area contributed by atoms with E-state index in [0.29, 0.717) is 4.64 Å². The SMILES string of the molecule is CCc1cc2ncc(C)[nH]c-2nc1=S. The normalized spacial score (nSPS) is 10.7. The summed E-state index contributed by atoms with van der Waals surface area (Å²) in [5.41, 5.74) is 2.95. The first-order chi connectivity index (χ1) is 6.70. The van der Waals surface area contributed by atoms with Gasteiger partial charge in [-0.25, -0.2) is 4.98 Å². The zero-order valence-electron chi connectivity index (χ0n) is 8.16. The summed E-state index contributed by atoms with van der Waals surface area (Å²) in [6.07, 6.45) is 2.70. The fourth-order valence-corrected chi connectivity index (χ4v) is 1.65. The van der Waals surface area contributed by atoms with E-state index in [1.807, 2.05) is 13.0 Å². The topological polar surface area (TPSA) is 41.6 Å². The number of H-pyrrole nitrogens is 1. The number of aromatic nitrogens is 3. The van der Waals surface area contributed by atoms with E-state index in [2.05, 4.69) is 21.9 Å². The number of aryl methyl sites for hydroxylation is 2. The second-order valence-corrected chi connectivity index (χ2v) is 3.63. The molecule has 0 bridgehead atoms. The zero-order chi connectivity index (χ0) is 10.1. The van der Waals surface area contributed by atoms with Crippen molar-refractivity contribution in [3.8, 4) is 11.5 Å². The molecule has 4 heteroatoms. The lowest BCUT2D eigenvalue weighted by Crippen LogP contribution is -1.99. The molecule has 0 spiro atoms. The van der Waals surface area contributed by atoms with Crippen LogP contribution in [0.4, 0.5) is 0 Å². The van der Waals surface area contributed by atoms with Crippen LogP contribution in [0, 0.1) is 11.6 Å². The molecule has 0 fully saturated rings. The van der Waals surface area contributed by atoms with Crippen LogP contribution in [0.15, 0.2) is 12.3 Å². The summed E-state index contributed by atoms with van der Waals surface area (Å²) >= 11 is 5.16. The van der Waals surface area contributed by atoms with Gasteiger partial charge in [0.05, 0.1) is 0 Å². The van der Waals surface area contributed by atoms with Gasteiger partial charge in [-0.1, -0.05) is 19.1 Å². The minimum absolute atomic E-state index is 0.670. The third-order valence-electron chi connectivity index (χ3n) is 2.14. The van der Waals surface area contributed by atoms with E-state index in [0.717, 1.165) is 29.2 Å². The van der Waals surface area contributed by atoms with Crippen molar-refractivity contribution in [3.63, 3.8) is 0 Å². The molecule has 2 aliphatic rings. The molecule has 0 aromatic carbocycles. The molecule has 2 rings (SSSR count). The number of nitrogens with zero attached hydrogens (tertiary/aromatic N) is 2. The molecule has 0 aromatic heterocycles. The number of hydrogen-bond donors (Lipinski definition) is 1. The highest BCUT2D eigenvalue weighted by molar-refractivity contribution is 7.71. The van der Waals surface area contributed by atoms with E-state index in [9.17, 15) is 0 Å². The standard InChI is InChI=1S/C10H11N3S/c1-3-7-4-8-9(13-10(7)14)12-6(2)5-11-8/h4-5H,3H2,1-2H3,(H,12,13,14). The van der Waals surface area contributed by atoms with Gasteiger partial charge in [-0.15, -0.1) is 0 Å². The number of aromatic amines is 1. The first-order valence-electron chi connectivity index (χ1n) is 4.56. The van der Waals surface area contributed by atoms with Crippen molar-refractivity contribution in [2.75, 3.05) is 0 Å². The summed E-state index contributed by atoms with van der Waals surface area (Å²) in [5.74, 6) is 0.771. The largest absolute Gasteiger partial charge is 0.341 e. The summed E-state index contributed by atoms with van der Waals surface area (Å²) in [6.45, 7) is 4.02. The van der Waals surface area contributed by atoms with E-state index in [1.54, 1.807) is 6.20 Å². The Morgan fingerprint density at radius 3 is 3.00 bits per heavy atom. The molecular formula is C10H11N3S. The maximum Gasteiger partial charge on any atom is 0.157 e. The first-order valence-corrected chi connectivity index (χ1v) is 4.97. The van der Waals surface area contributed by atoms with Gasteiger partial charge in [0.25, 0.3) is 0 Å². The van der Waals surface area contributed by atoms with Crippen molar-refractivity contribution in [1.29, 1.82) is 0 Å². The predicted octanol–water partition coefficient (Wildman–Crippen LogP) is 2.51. The average molecular weight is 205 g/mol. The lowest BCUT2D eigenvalue weighted by Gasteiger charge is -2.06. The molecule has 0 amide bonds. The van der Waals surface area contributed by atoms with Crippen molar-refractivity contribution in [1.82, 2.24) is 15.0 Å². The fourth-order valence-electron chi connectivity index (χ4n) is 1.35. The molecule has 14 heavy (non-hydrogen) atoms. The molecule has 2 heterocycles. The van der Waals surface area contributed by atoms with Gasteiger partial charge >= 0.3 is 0 Å². The Labute approximate surface area is 87.6 Å². The van der Waals surface area contributed by atoms with E-state index < -0.39 is 0 Å². The molecule has 0 atom stereocenters. The van der Waals surface area contributed by atoms with E-state index in [-0.39, 0.29) is 0 Å². The summed E-state index contributed by atoms with van der Waals surface area (Å²) in [7, 11) is 0. The van der Waals surface area contributed by atoms with Gasteiger partial charge in [0.15, 0.2) is 5.82 Å². The Morgan fingerprint density at radius 1 is 1.50 bits per heavy atom. The molecule has 0 radical (unpaired) electrons. The highest BCUT2D eigenvalue weighted by Gasteiger charge is 2.07. The number of nitrogens with one attached hydrogen (secondary N) is 1. The van der Waals surface area contributed by atoms with Gasteiger partial charge in [0.2, 0.25) is 0 Å². The first kappa shape index (κ1) is 9.27. The van der Waals surface area contributed by atoms with Crippen LogP contribution in [0.1, 0.15) is 18.2 Å². The third-order valence-corrected chi connectivity index (χ3v) is 2.49. The van der Waals surface area contributed by atoms with Gasteiger partial charge in [0.1, 0.15) is 10.3 Å². The van der Waals surface area contributed by atoms with Gasteiger partial charge < -0.3 is 4.98 Å². The van der Waals surface area contributed by atoms with Crippen LogP contribution in [-0.4, -0.2) is 15.0 Å². The molecule has 2 aliphatic heterocycles. The lowest BCUT2D eigenvalue weighted by molar-refractivity contribution is 1.01. The highest BCUT2D eigenvalue weighted by atomic mass is 32.1. The van der Waals surface area contributed by atoms with Crippen molar-refractivity contribution >= 4 is 12.2 Å². The van der Waals surface area contributed by atoms with Crippen molar-refractivity contribution in [2.24, 2.45) is 0 Å². The van der Waals surface area contributed by atoms with Crippen LogP contribution in [0.5, 0.6) is 0 Å². The van der Waals surface area contributed by atoms with Gasteiger partial charge in [-0.2, -0.15) is 0 Å². The van der Waals surface area contributed by atoms with Crippen LogP contribution < -0.4 is 0 Å². The number of rotatable bonds is 1. The van der Waals surface area contributed by atoms with Gasteiger partial charge in [0, 0.05) is 11.9 Å². The van der Waals surface area contributed by atoms with Crippen LogP contribution in [0.3, 0.4) is 0 Å². The molecule has 0 aliphatic carbocycles. The molecule has 1 N–H and O–H groups in total. The zero-order valence-corrected chi connectivity index (χ0v) is 8.98. The summed E-state index contributed by atoms with van der Waals surface area (Å²) < 4.78 is 0.670. The monoisotopic (exact) mass is 205 g/mol. The average Bonchev–Trinajstić information content (AvgIpc) is 2.16. The molecule has 0 aromatic rings. The highest BCUT2D eigenvalue weighted by Crippen LogP contribution is 2.16.